The van der Waals surface area contributed by atoms with Gasteiger partial charge in [-0.3, -0.25) is 0 Å². The van der Waals surface area contributed by atoms with E-state index >= 15 is 0 Å². The van der Waals surface area contributed by atoms with Crippen LogP contribution in [-0.4, -0.2) is 19.7 Å². The molecule has 0 saturated heterocycles. The Bertz CT molecular complexity index is 960. The lowest BCUT2D eigenvalue weighted by atomic mass is 10.1. The summed E-state index contributed by atoms with van der Waals surface area (Å²) in [6.07, 6.45) is 5.48. The highest BCUT2D eigenvalue weighted by atomic mass is 32.2. The third-order valence-corrected chi connectivity index (χ3v) is 5.10. The summed E-state index contributed by atoms with van der Waals surface area (Å²) in [7, 11) is 0. The highest BCUT2D eigenvalue weighted by Crippen LogP contribution is 2.23. The molecule has 4 rings (SSSR count). The van der Waals surface area contributed by atoms with Gasteiger partial charge < -0.3 is 4.57 Å². The summed E-state index contributed by atoms with van der Waals surface area (Å²) in [6.45, 7) is 2.10. The summed E-state index contributed by atoms with van der Waals surface area (Å²) in [5.74, 6) is 0.897. The van der Waals surface area contributed by atoms with Gasteiger partial charge in [-0.1, -0.05) is 53.7 Å². The van der Waals surface area contributed by atoms with Crippen LogP contribution in [0.2, 0.25) is 0 Å². The molecule has 2 aromatic heterocycles. The van der Waals surface area contributed by atoms with Crippen molar-refractivity contribution in [3.63, 3.8) is 0 Å². The van der Waals surface area contributed by atoms with Gasteiger partial charge in [-0.2, -0.15) is 0 Å². The van der Waals surface area contributed by atoms with Gasteiger partial charge in [0.2, 0.25) is 0 Å². The molecule has 0 aliphatic heterocycles. The van der Waals surface area contributed by atoms with Gasteiger partial charge in [-0.25, -0.2) is 4.98 Å². The summed E-state index contributed by atoms with van der Waals surface area (Å²) in [5, 5.41) is 9.67. The highest BCUT2D eigenvalue weighted by Gasteiger charge is 2.04. The molecule has 0 amide bonds. The second-order valence-electron chi connectivity index (χ2n) is 6.05. The van der Waals surface area contributed by atoms with Crippen LogP contribution in [0.25, 0.3) is 16.9 Å². The second kappa shape index (κ2) is 7.54. The molecule has 5 heteroatoms. The number of nitrogens with zero attached hydrogens (tertiary/aromatic N) is 4. The number of aromatic nitrogens is 4. The van der Waals surface area contributed by atoms with Crippen molar-refractivity contribution in [2.75, 3.05) is 0 Å². The van der Waals surface area contributed by atoms with E-state index in [2.05, 4.69) is 70.6 Å². The number of aryl methyl sites for hydroxylation is 1. The monoisotopic (exact) mass is 358 g/mol. The minimum atomic E-state index is 0.877. The molecule has 0 radical (unpaired) electrons. The first-order chi connectivity index (χ1) is 12.8. The van der Waals surface area contributed by atoms with Gasteiger partial charge in [0, 0.05) is 29.4 Å². The normalized spacial score (nSPS) is 10.8. The molecular weight excluding hydrogens is 340 g/mol. The third-order valence-electron chi connectivity index (χ3n) is 4.11. The number of thioether (sulfide) groups is 1. The Balaban J connectivity index is 1.43. The summed E-state index contributed by atoms with van der Waals surface area (Å²) < 4.78 is 1.97. The number of hydrogen-bond acceptors (Lipinski definition) is 4. The largest absolute Gasteiger partial charge is 0.306 e. The van der Waals surface area contributed by atoms with E-state index < -0.39 is 0 Å². The van der Waals surface area contributed by atoms with Gasteiger partial charge in [-0.15, -0.1) is 10.2 Å². The maximum Gasteiger partial charge on any atom is 0.119 e. The Labute approximate surface area is 157 Å². The Kier molecular flexibility index (Phi) is 4.80. The molecular formula is C21H18N4S. The molecule has 128 valence electrons. The van der Waals surface area contributed by atoms with Gasteiger partial charge in [0.05, 0.1) is 12.0 Å². The fourth-order valence-electron chi connectivity index (χ4n) is 2.61. The zero-order valence-corrected chi connectivity index (χ0v) is 15.2. The Morgan fingerprint density at radius 2 is 1.69 bits per heavy atom. The predicted molar refractivity (Wildman–Crippen MR) is 105 cm³/mol. The van der Waals surface area contributed by atoms with Crippen LogP contribution in [0.15, 0.2) is 84.4 Å². The molecule has 0 unspecified atom stereocenters. The van der Waals surface area contributed by atoms with Gasteiger partial charge in [0.25, 0.3) is 0 Å². The summed E-state index contributed by atoms with van der Waals surface area (Å²) >= 11 is 1.70. The lowest BCUT2D eigenvalue weighted by Crippen LogP contribution is -1.92. The summed E-state index contributed by atoms with van der Waals surface area (Å²) in [6, 6.07) is 20.9. The average Bonchev–Trinajstić information content (AvgIpc) is 3.23. The highest BCUT2D eigenvalue weighted by molar-refractivity contribution is 7.98. The number of imidazole rings is 1. The van der Waals surface area contributed by atoms with Crippen molar-refractivity contribution in [1.82, 2.24) is 19.7 Å². The Hall–Kier alpha value is -2.92. The van der Waals surface area contributed by atoms with E-state index in [0.717, 1.165) is 27.7 Å². The van der Waals surface area contributed by atoms with Crippen molar-refractivity contribution in [2.24, 2.45) is 0 Å². The SMILES string of the molecule is Cc1ccc(CSc2ccc(-c3ccc(-n4ccnc4)cc3)nn2)cc1. The lowest BCUT2D eigenvalue weighted by molar-refractivity contribution is 0.935. The Morgan fingerprint density at radius 1 is 0.885 bits per heavy atom. The van der Waals surface area contributed by atoms with E-state index in [-0.39, 0.29) is 0 Å². The van der Waals surface area contributed by atoms with Crippen LogP contribution in [0.5, 0.6) is 0 Å². The van der Waals surface area contributed by atoms with E-state index in [9.17, 15) is 0 Å². The van der Waals surface area contributed by atoms with Crippen molar-refractivity contribution in [1.29, 1.82) is 0 Å². The molecule has 0 N–H and O–H groups in total. The predicted octanol–water partition coefficient (Wildman–Crippen LogP) is 4.93. The van der Waals surface area contributed by atoms with Crippen LogP contribution >= 0.6 is 11.8 Å². The minimum Gasteiger partial charge on any atom is -0.306 e. The molecule has 0 atom stereocenters. The zero-order chi connectivity index (χ0) is 17.8. The van der Waals surface area contributed by atoms with Gasteiger partial charge >= 0.3 is 0 Å². The minimum absolute atomic E-state index is 0.877. The molecule has 0 spiro atoms. The molecule has 2 aromatic carbocycles. The first kappa shape index (κ1) is 16.5. The van der Waals surface area contributed by atoms with Crippen LogP contribution < -0.4 is 0 Å². The molecule has 0 fully saturated rings. The van der Waals surface area contributed by atoms with Crippen molar-refractivity contribution in [3.8, 4) is 16.9 Å². The van der Waals surface area contributed by atoms with Crippen LogP contribution in [0.1, 0.15) is 11.1 Å². The van der Waals surface area contributed by atoms with Crippen LogP contribution in [0.4, 0.5) is 0 Å². The molecule has 4 aromatic rings. The fourth-order valence-corrected chi connectivity index (χ4v) is 3.38. The van der Waals surface area contributed by atoms with Gasteiger partial charge in [0.15, 0.2) is 0 Å². The van der Waals surface area contributed by atoms with Gasteiger partial charge in [-0.05, 0) is 36.8 Å². The second-order valence-corrected chi connectivity index (χ2v) is 7.04. The maximum atomic E-state index is 4.38. The van der Waals surface area contributed by atoms with Gasteiger partial charge in [0.1, 0.15) is 5.03 Å². The molecule has 2 heterocycles. The number of rotatable bonds is 5. The maximum absolute atomic E-state index is 4.38. The van der Waals surface area contributed by atoms with Crippen molar-refractivity contribution >= 4 is 11.8 Å². The van der Waals surface area contributed by atoms with Crippen molar-refractivity contribution in [2.45, 2.75) is 17.7 Å². The summed E-state index contributed by atoms with van der Waals surface area (Å²) in [5.41, 5.74) is 5.58. The van der Waals surface area contributed by atoms with Crippen LogP contribution in [0, 0.1) is 6.92 Å². The molecule has 0 aliphatic rings. The quantitative estimate of drug-likeness (QED) is 0.475. The first-order valence-corrected chi connectivity index (χ1v) is 9.37. The van der Waals surface area contributed by atoms with Crippen LogP contribution in [-0.2, 0) is 5.75 Å². The molecule has 0 bridgehead atoms. The van der Waals surface area contributed by atoms with E-state index in [0.29, 0.717) is 0 Å². The number of benzene rings is 2. The molecule has 4 nitrogen and oxygen atoms in total. The van der Waals surface area contributed by atoms with E-state index in [4.69, 9.17) is 0 Å². The molecule has 0 saturated carbocycles. The third kappa shape index (κ3) is 3.83. The summed E-state index contributed by atoms with van der Waals surface area (Å²) in [4.78, 5) is 4.07. The van der Waals surface area contributed by atoms with E-state index in [1.807, 2.05) is 22.9 Å². The van der Waals surface area contributed by atoms with Crippen molar-refractivity contribution in [3.05, 3.63) is 90.5 Å². The van der Waals surface area contributed by atoms with E-state index in [1.54, 1.807) is 24.3 Å². The fraction of sp³-hybridized carbons (Fsp3) is 0.0952. The zero-order valence-electron chi connectivity index (χ0n) is 14.4. The average molecular weight is 358 g/mol. The molecule has 0 aliphatic carbocycles. The smallest absolute Gasteiger partial charge is 0.119 e. The topological polar surface area (TPSA) is 43.6 Å². The molecule has 26 heavy (non-hydrogen) atoms. The first-order valence-electron chi connectivity index (χ1n) is 8.39. The lowest BCUT2D eigenvalue weighted by Gasteiger charge is -2.05. The van der Waals surface area contributed by atoms with Crippen LogP contribution in [0.3, 0.4) is 0 Å². The standard InChI is InChI=1S/C21H18N4S/c1-16-2-4-17(5-3-16)14-26-21-11-10-20(23-24-21)18-6-8-19(9-7-18)25-13-12-22-15-25/h2-13,15H,14H2,1H3. The Morgan fingerprint density at radius 3 is 2.35 bits per heavy atom. The van der Waals surface area contributed by atoms with E-state index in [1.165, 1.54) is 11.1 Å². The van der Waals surface area contributed by atoms with Crippen molar-refractivity contribution < 1.29 is 0 Å². The number of hydrogen-bond donors (Lipinski definition) is 0.